The summed E-state index contributed by atoms with van der Waals surface area (Å²) in [6, 6.07) is 0. The van der Waals surface area contributed by atoms with E-state index in [9.17, 15) is 14.7 Å². The Morgan fingerprint density at radius 2 is 1.96 bits per heavy atom. The van der Waals surface area contributed by atoms with Crippen LogP contribution in [0.1, 0.15) is 66.2 Å². The molecular formula is C22H31FO3. The van der Waals surface area contributed by atoms with Gasteiger partial charge < -0.3 is 5.11 Å². The maximum atomic E-state index is 16.8. The molecule has 8 atom stereocenters. The van der Waals surface area contributed by atoms with E-state index in [1.165, 1.54) is 0 Å². The molecule has 26 heavy (non-hydrogen) atoms. The Kier molecular flexibility index (Phi) is 3.88. The van der Waals surface area contributed by atoms with Crippen molar-refractivity contribution in [2.75, 3.05) is 0 Å². The summed E-state index contributed by atoms with van der Waals surface area (Å²) in [5, 5.41) is 11.1. The molecule has 3 saturated carbocycles. The lowest BCUT2D eigenvalue weighted by Gasteiger charge is -2.62. The quantitative estimate of drug-likeness (QED) is 0.766. The highest BCUT2D eigenvalue weighted by molar-refractivity contribution is 5.91. The highest BCUT2D eigenvalue weighted by Gasteiger charge is 2.71. The molecule has 4 heteroatoms. The van der Waals surface area contributed by atoms with Crippen LogP contribution in [0.25, 0.3) is 0 Å². The Balaban J connectivity index is 1.81. The number of allylic oxidation sites excluding steroid dienone is 1. The molecule has 144 valence electrons. The SMILES string of the molecule is CC(=O)[C@H]1[C@@H](C)C[C@H]2[C@@H]3CCC4=CC(=O)CC[C@]4(C)[C@@]3(F)[C@H](O)C[C@@]21C. The van der Waals surface area contributed by atoms with Crippen LogP contribution in [-0.2, 0) is 9.59 Å². The van der Waals surface area contributed by atoms with Gasteiger partial charge in [-0.3, -0.25) is 9.59 Å². The van der Waals surface area contributed by atoms with Gasteiger partial charge in [0.25, 0.3) is 0 Å². The van der Waals surface area contributed by atoms with Gasteiger partial charge in [0.05, 0.1) is 6.10 Å². The second-order valence-corrected chi connectivity index (χ2v) is 10.0. The highest BCUT2D eigenvalue weighted by Crippen LogP contribution is 2.70. The average molecular weight is 362 g/mol. The van der Waals surface area contributed by atoms with Crippen molar-refractivity contribution < 1.29 is 19.1 Å². The van der Waals surface area contributed by atoms with E-state index in [1.54, 1.807) is 13.0 Å². The molecule has 0 aliphatic heterocycles. The van der Waals surface area contributed by atoms with E-state index in [1.807, 2.05) is 6.92 Å². The number of alkyl halides is 1. The van der Waals surface area contributed by atoms with Gasteiger partial charge in [-0.2, -0.15) is 0 Å². The van der Waals surface area contributed by atoms with Crippen LogP contribution < -0.4 is 0 Å². The van der Waals surface area contributed by atoms with E-state index in [-0.39, 0.29) is 40.7 Å². The number of ketones is 2. The van der Waals surface area contributed by atoms with Crippen molar-refractivity contribution in [1.29, 1.82) is 0 Å². The van der Waals surface area contributed by atoms with Crippen molar-refractivity contribution in [3.8, 4) is 0 Å². The molecule has 0 bridgehead atoms. The molecular weight excluding hydrogens is 331 g/mol. The second kappa shape index (κ2) is 5.50. The maximum Gasteiger partial charge on any atom is 0.155 e. The average Bonchev–Trinajstić information content (AvgIpc) is 2.80. The molecule has 0 amide bonds. The third kappa shape index (κ3) is 2.03. The third-order valence-corrected chi connectivity index (χ3v) is 8.82. The normalized spacial score (nSPS) is 53.4. The fourth-order valence-electron chi connectivity index (χ4n) is 7.80. The van der Waals surface area contributed by atoms with Gasteiger partial charge in [0.15, 0.2) is 5.78 Å². The number of hydrogen-bond acceptors (Lipinski definition) is 3. The Hall–Kier alpha value is -1.03. The Bertz CT molecular complexity index is 700. The highest BCUT2D eigenvalue weighted by atomic mass is 19.1. The number of Topliss-reactive ketones (excluding diaryl/α,β-unsaturated/α-hetero) is 1. The summed E-state index contributed by atoms with van der Waals surface area (Å²) in [5.41, 5.74) is -1.90. The van der Waals surface area contributed by atoms with Crippen molar-refractivity contribution >= 4 is 11.6 Å². The molecule has 0 heterocycles. The fraction of sp³-hybridized carbons (Fsp3) is 0.818. The number of halogens is 1. The zero-order valence-electron chi connectivity index (χ0n) is 16.3. The van der Waals surface area contributed by atoms with Gasteiger partial charge in [0.1, 0.15) is 11.5 Å². The summed E-state index contributed by atoms with van der Waals surface area (Å²) in [7, 11) is 0. The molecule has 0 aromatic heterocycles. The second-order valence-electron chi connectivity index (χ2n) is 10.0. The van der Waals surface area contributed by atoms with Crippen LogP contribution in [0.2, 0.25) is 0 Å². The van der Waals surface area contributed by atoms with Crippen LogP contribution in [-0.4, -0.2) is 28.4 Å². The molecule has 0 spiro atoms. The standard InChI is InChI=1S/C22H31FO3/c1-12-9-17-16-6-5-14-10-15(25)7-8-21(14,4)22(16,23)18(26)11-20(17,3)19(12)13(2)24/h10,12,16-19,26H,5-9,11H2,1-4H3/t12-,16-,17-,18+,19+,20-,21-,22-/m0/s1. The minimum absolute atomic E-state index is 0.0841. The van der Waals surface area contributed by atoms with E-state index in [2.05, 4.69) is 13.8 Å². The van der Waals surface area contributed by atoms with Crippen LogP contribution in [0.5, 0.6) is 0 Å². The zero-order chi connectivity index (χ0) is 19.1. The van der Waals surface area contributed by atoms with Gasteiger partial charge in [0, 0.05) is 23.7 Å². The molecule has 0 aromatic rings. The lowest BCUT2D eigenvalue weighted by Crippen LogP contribution is -2.67. The van der Waals surface area contributed by atoms with Crippen LogP contribution >= 0.6 is 0 Å². The summed E-state index contributed by atoms with van der Waals surface area (Å²) < 4.78 is 16.8. The zero-order valence-corrected chi connectivity index (χ0v) is 16.3. The van der Waals surface area contributed by atoms with E-state index >= 15 is 4.39 Å². The number of aliphatic hydroxyl groups excluding tert-OH is 1. The molecule has 4 aliphatic carbocycles. The smallest absolute Gasteiger partial charge is 0.155 e. The third-order valence-electron chi connectivity index (χ3n) is 8.82. The van der Waals surface area contributed by atoms with E-state index in [0.717, 1.165) is 18.4 Å². The first-order valence-corrected chi connectivity index (χ1v) is 10.2. The largest absolute Gasteiger partial charge is 0.390 e. The Labute approximate surface area is 155 Å². The van der Waals surface area contributed by atoms with Crippen LogP contribution in [0, 0.1) is 34.5 Å². The lowest BCUT2D eigenvalue weighted by atomic mass is 9.44. The molecule has 3 nitrogen and oxygen atoms in total. The summed E-state index contributed by atoms with van der Waals surface area (Å²) in [5.74, 6) is 0.279. The first kappa shape index (κ1) is 18.3. The number of carbonyl (C=O) groups is 2. The number of carbonyl (C=O) groups excluding carboxylic acids is 2. The van der Waals surface area contributed by atoms with Gasteiger partial charge in [-0.05, 0) is 62.4 Å². The molecule has 0 saturated heterocycles. The van der Waals surface area contributed by atoms with Gasteiger partial charge in [-0.15, -0.1) is 0 Å². The van der Waals surface area contributed by atoms with Crippen molar-refractivity contribution in [2.45, 2.75) is 78.0 Å². The van der Waals surface area contributed by atoms with Crippen LogP contribution in [0.3, 0.4) is 0 Å². The number of hydrogen-bond donors (Lipinski definition) is 1. The van der Waals surface area contributed by atoms with Crippen LogP contribution in [0.4, 0.5) is 4.39 Å². The maximum absolute atomic E-state index is 16.8. The van der Waals surface area contributed by atoms with E-state index in [4.69, 9.17) is 0 Å². The molecule has 0 radical (unpaired) electrons. The Morgan fingerprint density at radius 1 is 1.27 bits per heavy atom. The first-order chi connectivity index (χ1) is 12.1. The molecule has 0 unspecified atom stereocenters. The number of rotatable bonds is 1. The van der Waals surface area contributed by atoms with Gasteiger partial charge in [-0.1, -0.05) is 26.3 Å². The molecule has 4 rings (SSSR count). The van der Waals surface area contributed by atoms with E-state index in [0.29, 0.717) is 25.7 Å². The van der Waals surface area contributed by atoms with Crippen molar-refractivity contribution in [3.63, 3.8) is 0 Å². The van der Waals surface area contributed by atoms with Crippen molar-refractivity contribution in [1.82, 2.24) is 0 Å². The summed E-state index contributed by atoms with van der Waals surface area (Å²) in [4.78, 5) is 24.3. The Morgan fingerprint density at radius 3 is 2.62 bits per heavy atom. The number of aliphatic hydroxyl groups is 1. The topological polar surface area (TPSA) is 54.4 Å². The summed E-state index contributed by atoms with van der Waals surface area (Å²) in [6.07, 6.45) is 4.01. The van der Waals surface area contributed by atoms with Gasteiger partial charge >= 0.3 is 0 Å². The van der Waals surface area contributed by atoms with Gasteiger partial charge in [-0.25, -0.2) is 4.39 Å². The summed E-state index contributed by atoms with van der Waals surface area (Å²) >= 11 is 0. The predicted octanol–water partition coefficient (Wildman–Crippen LogP) is 4.03. The predicted molar refractivity (Wildman–Crippen MR) is 97.2 cm³/mol. The molecule has 3 fully saturated rings. The molecule has 4 aliphatic rings. The van der Waals surface area contributed by atoms with Crippen LogP contribution in [0.15, 0.2) is 11.6 Å². The fourth-order valence-corrected chi connectivity index (χ4v) is 7.80. The first-order valence-electron chi connectivity index (χ1n) is 10.2. The minimum Gasteiger partial charge on any atom is -0.390 e. The minimum atomic E-state index is -1.70. The van der Waals surface area contributed by atoms with Crippen molar-refractivity contribution in [3.05, 3.63) is 11.6 Å². The van der Waals surface area contributed by atoms with Gasteiger partial charge in [0.2, 0.25) is 0 Å². The summed E-state index contributed by atoms with van der Waals surface area (Å²) in [6.45, 7) is 7.78. The van der Waals surface area contributed by atoms with E-state index < -0.39 is 17.2 Å². The molecule has 0 aromatic carbocycles. The number of fused-ring (bicyclic) bond motifs is 5. The lowest BCUT2D eigenvalue weighted by molar-refractivity contribution is -0.208. The molecule has 1 N–H and O–H groups in total. The monoisotopic (exact) mass is 362 g/mol. The van der Waals surface area contributed by atoms with Crippen molar-refractivity contribution in [2.24, 2.45) is 34.5 Å².